The van der Waals surface area contributed by atoms with Crippen LogP contribution in [0, 0.1) is 11.8 Å². The second-order valence-electron chi connectivity index (χ2n) is 4.35. The van der Waals surface area contributed by atoms with Crippen LogP contribution in [-0.4, -0.2) is 25.2 Å². The molecule has 0 aliphatic heterocycles. The van der Waals surface area contributed by atoms with E-state index in [0.717, 1.165) is 12.8 Å². The molecular weight excluding hydrogens is 232 g/mol. The fourth-order valence-corrected chi connectivity index (χ4v) is 2.16. The SMILES string of the molecule is CCOC(=O)CC(CC)C(CC)CC(=O)OCC. The van der Waals surface area contributed by atoms with Gasteiger partial charge in [0.25, 0.3) is 0 Å². The molecule has 18 heavy (non-hydrogen) atoms. The normalized spacial score (nSPS) is 13.8. The van der Waals surface area contributed by atoms with Gasteiger partial charge in [0.05, 0.1) is 13.2 Å². The molecule has 2 atom stereocenters. The van der Waals surface area contributed by atoms with Crippen molar-refractivity contribution in [1.29, 1.82) is 0 Å². The summed E-state index contributed by atoms with van der Waals surface area (Å²) in [4.78, 5) is 23.0. The Balaban J connectivity index is 4.37. The first-order chi connectivity index (χ1) is 8.58. The molecule has 0 bridgehead atoms. The average molecular weight is 258 g/mol. The molecule has 0 radical (unpaired) electrons. The molecule has 0 spiro atoms. The fourth-order valence-electron chi connectivity index (χ4n) is 2.16. The predicted octanol–water partition coefficient (Wildman–Crippen LogP) is 2.95. The van der Waals surface area contributed by atoms with E-state index in [-0.39, 0.29) is 23.8 Å². The minimum atomic E-state index is -0.174. The van der Waals surface area contributed by atoms with E-state index in [1.165, 1.54) is 0 Å². The monoisotopic (exact) mass is 258 g/mol. The Hall–Kier alpha value is -1.06. The van der Waals surface area contributed by atoms with Gasteiger partial charge in [-0.1, -0.05) is 26.7 Å². The number of hydrogen-bond donors (Lipinski definition) is 0. The van der Waals surface area contributed by atoms with Crippen molar-refractivity contribution in [1.82, 2.24) is 0 Å². The summed E-state index contributed by atoms with van der Waals surface area (Å²) >= 11 is 0. The van der Waals surface area contributed by atoms with Gasteiger partial charge in [0.1, 0.15) is 0 Å². The van der Waals surface area contributed by atoms with Crippen LogP contribution in [-0.2, 0) is 19.1 Å². The van der Waals surface area contributed by atoms with Crippen LogP contribution in [0.15, 0.2) is 0 Å². The van der Waals surface area contributed by atoms with Gasteiger partial charge in [-0.05, 0) is 25.7 Å². The van der Waals surface area contributed by atoms with Crippen molar-refractivity contribution in [2.45, 2.75) is 53.4 Å². The molecule has 0 saturated carbocycles. The molecule has 0 aliphatic rings. The summed E-state index contributed by atoms with van der Waals surface area (Å²) in [5.74, 6) is 0.0372. The van der Waals surface area contributed by atoms with Gasteiger partial charge in [-0.15, -0.1) is 0 Å². The highest BCUT2D eigenvalue weighted by Crippen LogP contribution is 2.26. The third kappa shape index (κ3) is 6.62. The third-order valence-corrected chi connectivity index (χ3v) is 3.18. The molecule has 0 fully saturated rings. The molecule has 106 valence electrons. The van der Waals surface area contributed by atoms with Gasteiger partial charge in [0.2, 0.25) is 0 Å². The maximum atomic E-state index is 11.5. The van der Waals surface area contributed by atoms with Gasteiger partial charge in [-0.25, -0.2) is 0 Å². The minimum Gasteiger partial charge on any atom is -0.466 e. The number of hydrogen-bond acceptors (Lipinski definition) is 4. The Morgan fingerprint density at radius 1 is 0.778 bits per heavy atom. The molecule has 0 rings (SSSR count). The number of carbonyl (C=O) groups is 2. The first-order valence-corrected chi connectivity index (χ1v) is 6.90. The summed E-state index contributed by atoms with van der Waals surface area (Å²) in [5.41, 5.74) is 0. The van der Waals surface area contributed by atoms with Gasteiger partial charge < -0.3 is 9.47 Å². The fraction of sp³-hybridized carbons (Fsp3) is 0.857. The van der Waals surface area contributed by atoms with E-state index in [1.807, 2.05) is 13.8 Å². The standard InChI is InChI=1S/C14H26O4/c1-5-11(9-13(15)17-7-3)12(6-2)10-14(16)18-8-4/h11-12H,5-10H2,1-4H3. The molecule has 0 aromatic heterocycles. The quantitative estimate of drug-likeness (QED) is 0.597. The number of esters is 2. The topological polar surface area (TPSA) is 52.6 Å². The van der Waals surface area contributed by atoms with Crippen LogP contribution >= 0.6 is 0 Å². The summed E-state index contributed by atoms with van der Waals surface area (Å²) in [7, 11) is 0. The number of carbonyl (C=O) groups excluding carboxylic acids is 2. The Morgan fingerprint density at radius 2 is 1.11 bits per heavy atom. The van der Waals surface area contributed by atoms with Gasteiger partial charge in [0.15, 0.2) is 0 Å². The van der Waals surface area contributed by atoms with Crippen molar-refractivity contribution < 1.29 is 19.1 Å². The second kappa shape index (κ2) is 9.92. The molecule has 0 heterocycles. The lowest BCUT2D eigenvalue weighted by Crippen LogP contribution is -2.22. The zero-order valence-electron chi connectivity index (χ0n) is 12.0. The van der Waals surface area contributed by atoms with Crippen molar-refractivity contribution in [3.8, 4) is 0 Å². The first-order valence-electron chi connectivity index (χ1n) is 6.90. The van der Waals surface area contributed by atoms with E-state index in [0.29, 0.717) is 26.1 Å². The Bertz CT molecular complexity index is 224. The molecule has 0 N–H and O–H groups in total. The van der Waals surface area contributed by atoms with E-state index in [9.17, 15) is 9.59 Å². The van der Waals surface area contributed by atoms with Crippen LogP contribution in [0.3, 0.4) is 0 Å². The van der Waals surface area contributed by atoms with Crippen LogP contribution in [0.2, 0.25) is 0 Å². The van der Waals surface area contributed by atoms with Crippen LogP contribution in [0.1, 0.15) is 53.4 Å². The van der Waals surface area contributed by atoms with E-state index in [4.69, 9.17) is 9.47 Å². The molecule has 2 unspecified atom stereocenters. The van der Waals surface area contributed by atoms with Gasteiger partial charge in [-0.3, -0.25) is 9.59 Å². The minimum absolute atomic E-state index is 0.174. The van der Waals surface area contributed by atoms with Crippen LogP contribution in [0.25, 0.3) is 0 Å². The van der Waals surface area contributed by atoms with E-state index >= 15 is 0 Å². The smallest absolute Gasteiger partial charge is 0.306 e. The highest BCUT2D eigenvalue weighted by Gasteiger charge is 2.24. The van der Waals surface area contributed by atoms with E-state index in [1.54, 1.807) is 13.8 Å². The molecule has 4 heteroatoms. The lowest BCUT2D eigenvalue weighted by atomic mass is 9.83. The van der Waals surface area contributed by atoms with Crippen molar-refractivity contribution in [3.05, 3.63) is 0 Å². The van der Waals surface area contributed by atoms with Crippen molar-refractivity contribution >= 4 is 11.9 Å². The largest absolute Gasteiger partial charge is 0.466 e. The summed E-state index contributed by atoms with van der Waals surface area (Å²) in [6.45, 7) is 8.49. The Morgan fingerprint density at radius 3 is 1.33 bits per heavy atom. The highest BCUT2D eigenvalue weighted by molar-refractivity contribution is 5.71. The van der Waals surface area contributed by atoms with Gasteiger partial charge in [-0.2, -0.15) is 0 Å². The summed E-state index contributed by atoms with van der Waals surface area (Å²) in [5, 5.41) is 0. The lowest BCUT2D eigenvalue weighted by Gasteiger charge is -2.23. The zero-order chi connectivity index (χ0) is 14.0. The second-order valence-corrected chi connectivity index (χ2v) is 4.35. The predicted molar refractivity (Wildman–Crippen MR) is 70.1 cm³/mol. The van der Waals surface area contributed by atoms with Gasteiger partial charge in [0, 0.05) is 12.8 Å². The molecule has 0 aromatic carbocycles. The summed E-state index contributed by atoms with van der Waals surface area (Å²) in [6, 6.07) is 0. The van der Waals surface area contributed by atoms with E-state index in [2.05, 4.69) is 0 Å². The van der Waals surface area contributed by atoms with Crippen molar-refractivity contribution in [3.63, 3.8) is 0 Å². The molecule has 0 aromatic rings. The van der Waals surface area contributed by atoms with E-state index < -0.39 is 0 Å². The molecule has 0 saturated heterocycles. The zero-order valence-corrected chi connectivity index (χ0v) is 12.0. The van der Waals surface area contributed by atoms with Crippen molar-refractivity contribution in [2.75, 3.05) is 13.2 Å². The summed E-state index contributed by atoms with van der Waals surface area (Å²) < 4.78 is 9.93. The highest BCUT2D eigenvalue weighted by atomic mass is 16.5. The average Bonchev–Trinajstić information content (AvgIpc) is 2.34. The summed E-state index contributed by atoms with van der Waals surface area (Å²) in [6.07, 6.45) is 2.53. The number of rotatable bonds is 9. The van der Waals surface area contributed by atoms with Crippen LogP contribution in [0.5, 0.6) is 0 Å². The molecule has 4 nitrogen and oxygen atoms in total. The van der Waals surface area contributed by atoms with Crippen LogP contribution < -0.4 is 0 Å². The van der Waals surface area contributed by atoms with Gasteiger partial charge >= 0.3 is 11.9 Å². The third-order valence-electron chi connectivity index (χ3n) is 3.18. The Kier molecular flexibility index (Phi) is 9.33. The van der Waals surface area contributed by atoms with Crippen LogP contribution in [0.4, 0.5) is 0 Å². The number of ether oxygens (including phenoxy) is 2. The lowest BCUT2D eigenvalue weighted by molar-refractivity contribution is -0.148. The Labute approximate surface area is 110 Å². The maximum Gasteiger partial charge on any atom is 0.306 e. The first kappa shape index (κ1) is 16.9. The van der Waals surface area contributed by atoms with Crippen molar-refractivity contribution in [2.24, 2.45) is 11.8 Å². The molecule has 0 amide bonds. The molecule has 0 aliphatic carbocycles. The molecular formula is C14H26O4. The maximum absolute atomic E-state index is 11.5.